The number of anilines is 2. The van der Waals surface area contributed by atoms with Crippen molar-refractivity contribution in [1.82, 2.24) is 19.8 Å². The lowest BCUT2D eigenvalue weighted by Crippen LogP contribution is -2.51. The summed E-state index contributed by atoms with van der Waals surface area (Å²) in [4.78, 5) is 28.6. The Hall–Kier alpha value is -2.09. The first kappa shape index (κ1) is 16.8. The standard InChI is InChI=1S/C16H26N6O2/c1-19(2)16(24)21-8-6-20(7-9-21)14-10-15(18-12-17-14)22-5-3-4-13(22)11-23/h10,12-13,23H,3-9,11H2,1-2H3/t13-/m1/s1. The van der Waals surface area contributed by atoms with Crippen molar-refractivity contribution in [2.75, 3.05) is 63.2 Å². The van der Waals surface area contributed by atoms with E-state index in [4.69, 9.17) is 0 Å². The van der Waals surface area contributed by atoms with E-state index in [0.717, 1.165) is 44.1 Å². The molecular formula is C16H26N6O2. The van der Waals surface area contributed by atoms with Gasteiger partial charge in [-0.15, -0.1) is 0 Å². The number of aliphatic hydroxyl groups is 1. The van der Waals surface area contributed by atoms with Gasteiger partial charge in [-0.2, -0.15) is 0 Å². The van der Waals surface area contributed by atoms with E-state index in [1.807, 2.05) is 11.0 Å². The predicted molar refractivity (Wildman–Crippen MR) is 92.4 cm³/mol. The molecule has 0 saturated carbocycles. The molecule has 0 aliphatic carbocycles. The van der Waals surface area contributed by atoms with Crippen LogP contribution in [0, 0.1) is 0 Å². The zero-order chi connectivity index (χ0) is 17.1. The van der Waals surface area contributed by atoms with Gasteiger partial charge in [-0.05, 0) is 12.8 Å². The molecule has 2 aliphatic rings. The van der Waals surface area contributed by atoms with Crippen LogP contribution in [0.15, 0.2) is 12.4 Å². The first-order valence-electron chi connectivity index (χ1n) is 8.51. The molecule has 24 heavy (non-hydrogen) atoms. The molecule has 0 aromatic carbocycles. The van der Waals surface area contributed by atoms with Crippen LogP contribution in [0.25, 0.3) is 0 Å². The van der Waals surface area contributed by atoms with E-state index in [1.165, 1.54) is 0 Å². The van der Waals surface area contributed by atoms with Crippen molar-refractivity contribution >= 4 is 17.7 Å². The molecule has 1 aromatic heterocycles. The number of hydrogen-bond donors (Lipinski definition) is 1. The fourth-order valence-electron chi connectivity index (χ4n) is 3.40. The van der Waals surface area contributed by atoms with Crippen molar-refractivity contribution in [3.05, 3.63) is 12.4 Å². The Kier molecular flexibility index (Phi) is 5.03. The zero-order valence-corrected chi connectivity index (χ0v) is 14.4. The minimum atomic E-state index is 0.0564. The highest BCUT2D eigenvalue weighted by molar-refractivity contribution is 5.74. The van der Waals surface area contributed by atoms with E-state index in [1.54, 1.807) is 25.3 Å². The summed E-state index contributed by atoms with van der Waals surface area (Å²) < 4.78 is 0. The van der Waals surface area contributed by atoms with Crippen LogP contribution in [-0.4, -0.2) is 90.4 Å². The van der Waals surface area contributed by atoms with Gasteiger partial charge in [-0.25, -0.2) is 14.8 Å². The lowest BCUT2D eigenvalue weighted by molar-refractivity contribution is 0.168. The lowest BCUT2D eigenvalue weighted by atomic mass is 10.2. The number of rotatable bonds is 3. The number of carbonyl (C=O) groups is 1. The number of urea groups is 1. The third kappa shape index (κ3) is 3.38. The fraction of sp³-hybridized carbons (Fsp3) is 0.688. The van der Waals surface area contributed by atoms with Gasteiger partial charge in [0, 0.05) is 52.9 Å². The average molecular weight is 334 g/mol. The molecule has 0 unspecified atom stereocenters. The zero-order valence-electron chi connectivity index (χ0n) is 14.4. The minimum absolute atomic E-state index is 0.0564. The highest BCUT2D eigenvalue weighted by Gasteiger charge is 2.27. The largest absolute Gasteiger partial charge is 0.394 e. The minimum Gasteiger partial charge on any atom is -0.394 e. The number of carbonyl (C=O) groups excluding carboxylic acids is 1. The maximum absolute atomic E-state index is 12.0. The van der Waals surface area contributed by atoms with Crippen molar-refractivity contribution in [2.24, 2.45) is 0 Å². The topological polar surface area (TPSA) is 76.0 Å². The molecule has 2 amide bonds. The van der Waals surface area contributed by atoms with Gasteiger partial charge < -0.3 is 24.7 Å². The van der Waals surface area contributed by atoms with Gasteiger partial charge in [-0.3, -0.25) is 0 Å². The molecule has 8 nitrogen and oxygen atoms in total. The van der Waals surface area contributed by atoms with Crippen molar-refractivity contribution in [1.29, 1.82) is 0 Å². The van der Waals surface area contributed by atoms with E-state index in [2.05, 4.69) is 19.8 Å². The second-order valence-electron chi connectivity index (χ2n) is 6.56. The number of piperazine rings is 1. The Labute approximate surface area is 142 Å². The summed E-state index contributed by atoms with van der Waals surface area (Å²) in [5.41, 5.74) is 0. The number of amides is 2. The second kappa shape index (κ2) is 7.21. The first-order chi connectivity index (χ1) is 11.6. The van der Waals surface area contributed by atoms with E-state index in [-0.39, 0.29) is 18.7 Å². The summed E-state index contributed by atoms with van der Waals surface area (Å²) >= 11 is 0. The van der Waals surface area contributed by atoms with Crippen LogP contribution in [0.4, 0.5) is 16.4 Å². The molecule has 2 aliphatic heterocycles. The summed E-state index contributed by atoms with van der Waals surface area (Å²) in [6, 6.07) is 2.21. The lowest BCUT2D eigenvalue weighted by Gasteiger charge is -2.36. The van der Waals surface area contributed by atoms with Crippen LogP contribution in [0.5, 0.6) is 0 Å². The van der Waals surface area contributed by atoms with E-state index < -0.39 is 0 Å². The van der Waals surface area contributed by atoms with Crippen LogP contribution >= 0.6 is 0 Å². The molecule has 1 N–H and O–H groups in total. The molecule has 132 valence electrons. The smallest absolute Gasteiger partial charge is 0.319 e. The van der Waals surface area contributed by atoms with Gasteiger partial charge in [-0.1, -0.05) is 0 Å². The summed E-state index contributed by atoms with van der Waals surface area (Å²) in [7, 11) is 3.55. The summed E-state index contributed by atoms with van der Waals surface area (Å²) in [6.45, 7) is 4.00. The van der Waals surface area contributed by atoms with Gasteiger partial charge in [0.15, 0.2) is 0 Å². The number of aromatic nitrogens is 2. The Morgan fingerprint density at radius 3 is 2.58 bits per heavy atom. The summed E-state index contributed by atoms with van der Waals surface area (Å²) in [5.74, 6) is 1.77. The molecule has 8 heteroatoms. The van der Waals surface area contributed by atoms with Gasteiger partial charge in [0.05, 0.1) is 12.6 Å². The second-order valence-corrected chi connectivity index (χ2v) is 6.56. The number of nitrogens with zero attached hydrogens (tertiary/aromatic N) is 6. The molecule has 3 heterocycles. The Balaban J connectivity index is 1.66. The van der Waals surface area contributed by atoms with Crippen molar-refractivity contribution in [3.63, 3.8) is 0 Å². The molecule has 3 rings (SSSR count). The van der Waals surface area contributed by atoms with Crippen LogP contribution < -0.4 is 9.80 Å². The third-order valence-corrected chi connectivity index (χ3v) is 4.78. The van der Waals surface area contributed by atoms with Crippen molar-refractivity contribution in [2.45, 2.75) is 18.9 Å². The summed E-state index contributed by atoms with van der Waals surface area (Å²) in [6.07, 6.45) is 3.67. The molecule has 0 spiro atoms. The van der Waals surface area contributed by atoms with Crippen molar-refractivity contribution < 1.29 is 9.90 Å². The number of hydrogen-bond acceptors (Lipinski definition) is 6. The van der Waals surface area contributed by atoms with Crippen molar-refractivity contribution in [3.8, 4) is 0 Å². The molecule has 1 atom stereocenters. The Bertz CT molecular complexity index is 573. The third-order valence-electron chi connectivity index (χ3n) is 4.78. The van der Waals surface area contributed by atoms with Gasteiger partial charge in [0.1, 0.15) is 18.0 Å². The molecule has 0 radical (unpaired) electrons. The predicted octanol–water partition coefficient (Wildman–Crippen LogP) is 0.241. The Morgan fingerprint density at radius 1 is 1.21 bits per heavy atom. The fourth-order valence-corrected chi connectivity index (χ4v) is 3.40. The van der Waals surface area contributed by atoms with Crippen LogP contribution in [0.3, 0.4) is 0 Å². The van der Waals surface area contributed by atoms with E-state index in [9.17, 15) is 9.90 Å². The van der Waals surface area contributed by atoms with E-state index >= 15 is 0 Å². The normalized spacial score (nSPS) is 21.3. The maximum atomic E-state index is 12.0. The van der Waals surface area contributed by atoms with Gasteiger partial charge in [0.2, 0.25) is 0 Å². The molecule has 0 bridgehead atoms. The van der Waals surface area contributed by atoms with Gasteiger partial charge in [0.25, 0.3) is 0 Å². The highest BCUT2D eigenvalue weighted by Crippen LogP contribution is 2.26. The highest BCUT2D eigenvalue weighted by atomic mass is 16.3. The van der Waals surface area contributed by atoms with Gasteiger partial charge >= 0.3 is 6.03 Å². The number of aliphatic hydroxyl groups excluding tert-OH is 1. The quantitative estimate of drug-likeness (QED) is 0.853. The first-order valence-corrected chi connectivity index (χ1v) is 8.51. The molecule has 2 fully saturated rings. The SMILES string of the molecule is CN(C)C(=O)N1CCN(c2cc(N3CCC[C@@H]3CO)ncn2)CC1. The summed E-state index contributed by atoms with van der Waals surface area (Å²) in [5, 5.41) is 9.50. The molecule has 2 saturated heterocycles. The average Bonchev–Trinajstić information content (AvgIpc) is 3.10. The monoisotopic (exact) mass is 334 g/mol. The van der Waals surface area contributed by atoms with Crippen LogP contribution in [0.1, 0.15) is 12.8 Å². The maximum Gasteiger partial charge on any atom is 0.319 e. The van der Waals surface area contributed by atoms with Crippen LogP contribution in [-0.2, 0) is 0 Å². The molecule has 1 aromatic rings. The Morgan fingerprint density at radius 2 is 1.92 bits per heavy atom. The van der Waals surface area contributed by atoms with E-state index in [0.29, 0.717) is 13.1 Å². The molecular weight excluding hydrogens is 308 g/mol. The van der Waals surface area contributed by atoms with Crippen LogP contribution in [0.2, 0.25) is 0 Å².